The third-order valence-corrected chi connectivity index (χ3v) is 5.97. The first-order valence-electron chi connectivity index (χ1n) is 11.4. The second-order valence-electron chi connectivity index (χ2n) is 8.09. The van der Waals surface area contributed by atoms with Crippen LogP contribution in [0.3, 0.4) is 0 Å². The summed E-state index contributed by atoms with van der Waals surface area (Å²) in [6.45, 7) is 2.73. The van der Waals surface area contributed by atoms with Gasteiger partial charge in [-0.05, 0) is 67.4 Å². The van der Waals surface area contributed by atoms with Crippen molar-refractivity contribution in [3.63, 3.8) is 0 Å². The maximum absolute atomic E-state index is 13.3. The number of hydrogen-bond donors (Lipinski definition) is 1. The zero-order valence-corrected chi connectivity index (χ0v) is 20.1. The number of imide groups is 1. The lowest BCUT2D eigenvalue weighted by molar-refractivity contribution is -0.124. The summed E-state index contributed by atoms with van der Waals surface area (Å²) in [6.07, 6.45) is 0.373. The molecule has 4 rings (SSSR count). The van der Waals surface area contributed by atoms with Gasteiger partial charge < -0.3 is 15.0 Å². The zero-order valence-electron chi connectivity index (χ0n) is 19.3. The van der Waals surface area contributed by atoms with E-state index in [1.165, 1.54) is 4.90 Å². The van der Waals surface area contributed by atoms with E-state index in [9.17, 15) is 14.4 Å². The molecular weight excluding hydrogens is 466 g/mol. The Morgan fingerprint density at radius 2 is 1.66 bits per heavy atom. The van der Waals surface area contributed by atoms with E-state index in [4.69, 9.17) is 16.3 Å². The smallest absolute Gasteiger partial charge is 0.332 e. The van der Waals surface area contributed by atoms with E-state index in [1.54, 1.807) is 60.7 Å². The van der Waals surface area contributed by atoms with Crippen LogP contribution in [0, 0.1) is 0 Å². The van der Waals surface area contributed by atoms with Gasteiger partial charge in [0.15, 0.2) is 0 Å². The normalized spacial score (nSPS) is 15.4. The van der Waals surface area contributed by atoms with Crippen molar-refractivity contribution in [1.29, 1.82) is 0 Å². The monoisotopic (exact) mass is 491 g/mol. The molecule has 0 saturated carbocycles. The van der Waals surface area contributed by atoms with Crippen molar-refractivity contribution in [3.8, 4) is 5.75 Å². The highest BCUT2D eigenvalue weighted by Gasteiger charge is 2.46. The van der Waals surface area contributed by atoms with Crippen LogP contribution in [0.5, 0.6) is 5.75 Å². The van der Waals surface area contributed by atoms with Crippen molar-refractivity contribution in [2.24, 2.45) is 0 Å². The van der Waals surface area contributed by atoms with E-state index in [0.29, 0.717) is 35.2 Å². The molecule has 0 unspecified atom stereocenters. The van der Waals surface area contributed by atoms with Gasteiger partial charge in [-0.3, -0.25) is 9.59 Å². The molecular formula is C27H26ClN3O4. The van der Waals surface area contributed by atoms with Gasteiger partial charge >= 0.3 is 6.03 Å². The molecule has 1 N–H and O–H groups in total. The van der Waals surface area contributed by atoms with Gasteiger partial charge in [-0.2, -0.15) is 0 Å². The van der Waals surface area contributed by atoms with E-state index >= 15 is 0 Å². The number of anilines is 2. The summed E-state index contributed by atoms with van der Waals surface area (Å²) in [4.78, 5) is 42.1. The fourth-order valence-corrected chi connectivity index (χ4v) is 4.12. The van der Waals surface area contributed by atoms with Gasteiger partial charge in [-0.1, -0.05) is 41.9 Å². The van der Waals surface area contributed by atoms with Crippen LogP contribution in [0.15, 0.2) is 78.9 Å². The fourth-order valence-electron chi connectivity index (χ4n) is 3.99. The summed E-state index contributed by atoms with van der Waals surface area (Å²) in [6, 6.07) is 21.7. The molecule has 7 nitrogen and oxygen atoms in total. The minimum atomic E-state index is -0.905. The third-order valence-electron chi connectivity index (χ3n) is 5.72. The molecule has 1 aliphatic heterocycles. The molecule has 8 heteroatoms. The molecule has 1 fully saturated rings. The SMILES string of the molecule is CCOc1ccc(NC(=O)C[C@H]2C(=O)N(c3ccccc3)C(=O)N2CCc2ccc(Cl)cc2)cc1. The third kappa shape index (κ3) is 5.81. The lowest BCUT2D eigenvalue weighted by Gasteiger charge is -2.21. The number of hydrogen-bond acceptors (Lipinski definition) is 4. The Morgan fingerprint density at radius 3 is 2.31 bits per heavy atom. The number of nitrogens with one attached hydrogen (secondary N) is 1. The topological polar surface area (TPSA) is 79.0 Å². The number of halogens is 1. The Balaban J connectivity index is 1.51. The van der Waals surface area contributed by atoms with Crippen molar-refractivity contribution in [2.75, 3.05) is 23.4 Å². The van der Waals surface area contributed by atoms with Gasteiger partial charge in [0.2, 0.25) is 5.91 Å². The Morgan fingerprint density at radius 1 is 0.971 bits per heavy atom. The molecule has 0 bridgehead atoms. The molecule has 180 valence electrons. The molecule has 0 radical (unpaired) electrons. The molecule has 1 aliphatic rings. The zero-order chi connectivity index (χ0) is 24.8. The molecule has 1 atom stereocenters. The number of para-hydroxylation sites is 1. The van der Waals surface area contributed by atoms with E-state index in [1.807, 2.05) is 25.1 Å². The summed E-state index contributed by atoms with van der Waals surface area (Å²) in [5.74, 6) is -0.0696. The van der Waals surface area contributed by atoms with Gasteiger partial charge in [0.1, 0.15) is 11.8 Å². The fraction of sp³-hybridized carbons (Fsp3) is 0.222. The maximum Gasteiger partial charge on any atom is 0.332 e. The summed E-state index contributed by atoms with van der Waals surface area (Å²) in [5, 5.41) is 3.44. The van der Waals surface area contributed by atoms with Gasteiger partial charge in [0, 0.05) is 17.3 Å². The van der Waals surface area contributed by atoms with Crippen LogP contribution in [0.1, 0.15) is 18.9 Å². The number of benzene rings is 3. The van der Waals surface area contributed by atoms with Gasteiger partial charge in [0.05, 0.1) is 18.7 Å². The molecule has 0 aromatic heterocycles. The number of ether oxygens (including phenoxy) is 1. The average Bonchev–Trinajstić information content (AvgIpc) is 3.09. The Labute approximate surface area is 209 Å². The Hall–Kier alpha value is -3.84. The largest absolute Gasteiger partial charge is 0.494 e. The number of rotatable bonds is 9. The molecule has 4 amide bonds. The van der Waals surface area contributed by atoms with Crippen LogP contribution in [0.4, 0.5) is 16.2 Å². The van der Waals surface area contributed by atoms with Gasteiger partial charge in [-0.25, -0.2) is 9.69 Å². The molecule has 35 heavy (non-hydrogen) atoms. The van der Waals surface area contributed by atoms with E-state index < -0.39 is 18.0 Å². The molecule has 1 heterocycles. The van der Waals surface area contributed by atoms with Crippen LogP contribution >= 0.6 is 11.6 Å². The van der Waals surface area contributed by atoms with Crippen LogP contribution in [-0.4, -0.2) is 41.9 Å². The first kappa shape index (κ1) is 24.3. The summed E-state index contributed by atoms with van der Waals surface area (Å²) >= 11 is 5.97. The van der Waals surface area contributed by atoms with Crippen LogP contribution in [-0.2, 0) is 16.0 Å². The molecule has 0 spiro atoms. The molecule has 3 aromatic carbocycles. The van der Waals surface area contributed by atoms with Gasteiger partial charge in [0.25, 0.3) is 5.91 Å². The van der Waals surface area contributed by atoms with E-state index in [2.05, 4.69) is 5.32 Å². The minimum Gasteiger partial charge on any atom is -0.494 e. The lowest BCUT2D eigenvalue weighted by atomic mass is 10.1. The van der Waals surface area contributed by atoms with Crippen LogP contribution in [0.2, 0.25) is 5.02 Å². The second-order valence-corrected chi connectivity index (χ2v) is 8.52. The van der Waals surface area contributed by atoms with Crippen LogP contribution in [0.25, 0.3) is 0 Å². The minimum absolute atomic E-state index is 0.151. The lowest BCUT2D eigenvalue weighted by Crippen LogP contribution is -2.39. The quantitative estimate of drug-likeness (QED) is 0.420. The van der Waals surface area contributed by atoms with Crippen molar-refractivity contribution in [3.05, 3.63) is 89.4 Å². The number of amides is 4. The van der Waals surface area contributed by atoms with Crippen molar-refractivity contribution in [2.45, 2.75) is 25.8 Å². The van der Waals surface area contributed by atoms with Crippen LogP contribution < -0.4 is 15.0 Å². The number of urea groups is 1. The van der Waals surface area contributed by atoms with Gasteiger partial charge in [-0.15, -0.1) is 0 Å². The number of carbonyl (C=O) groups excluding carboxylic acids is 3. The number of nitrogens with zero attached hydrogens (tertiary/aromatic N) is 2. The Kier molecular flexibility index (Phi) is 7.67. The van der Waals surface area contributed by atoms with E-state index in [0.717, 1.165) is 10.5 Å². The maximum atomic E-state index is 13.3. The molecule has 0 aliphatic carbocycles. The highest BCUT2D eigenvalue weighted by Crippen LogP contribution is 2.27. The predicted octanol–water partition coefficient (Wildman–Crippen LogP) is 5.15. The molecule has 1 saturated heterocycles. The molecule has 3 aromatic rings. The number of carbonyl (C=O) groups is 3. The Bertz CT molecular complexity index is 1180. The standard InChI is InChI=1S/C27H26ClN3O4/c1-2-35-23-14-12-21(13-15-23)29-25(32)18-24-26(33)31(22-6-4-3-5-7-22)27(34)30(24)17-16-19-8-10-20(28)11-9-19/h3-15,24H,2,16-18H2,1H3,(H,29,32)/t24-/m0/s1. The van der Waals surface area contributed by atoms with Crippen molar-refractivity contribution < 1.29 is 19.1 Å². The van der Waals surface area contributed by atoms with Crippen molar-refractivity contribution in [1.82, 2.24) is 4.90 Å². The average molecular weight is 492 g/mol. The second kappa shape index (κ2) is 11.1. The highest BCUT2D eigenvalue weighted by atomic mass is 35.5. The summed E-state index contributed by atoms with van der Waals surface area (Å²) < 4.78 is 5.42. The highest BCUT2D eigenvalue weighted by molar-refractivity contribution is 6.30. The first-order valence-corrected chi connectivity index (χ1v) is 11.8. The van der Waals surface area contributed by atoms with Crippen molar-refractivity contribution >= 4 is 40.8 Å². The first-order chi connectivity index (χ1) is 17.0. The summed E-state index contributed by atoms with van der Waals surface area (Å²) in [5.41, 5.74) is 2.04. The van der Waals surface area contributed by atoms with E-state index in [-0.39, 0.29) is 18.9 Å². The summed E-state index contributed by atoms with van der Waals surface area (Å²) in [7, 11) is 0. The predicted molar refractivity (Wildman–Crippen MR) is 136 cm³/mol.